The normalized spacial score (nSPS) is 13.5. The maximum atomic E-state index is 11.6. The number of carbonyl (C=O) groups is 2. The van der Waals surface area contributed by atoms with Crippen molar-refractivity contribution in [2.75, 3.05) is 13.1 Å². The maximum Gasteiger partial charge on any atom is 0.314 e. The van der Waals surface area contributed by atoms with Crippen LogP contribution in [-0.4, -0.2) is 40.0 Å². The zero-order valence-corrected chi connectivity index (χ0v) is 11.9. The van der Waals surface area contributed by atoms with Gasteiger partial charge in [0, 0.05) is 32.0 Å². The zero-order valence-electron chi connectivity index (χ0n) is 11.9. The fourth-order valence-corrected chi connectivity index (χ4v) is 1.57. The Kier molecular flexibility index (Phi) is 6.02. The highest BCUT2D eigenvalue weighted by Crippen LogP contribution is 2.19. The van der Waals surface area contributed by atoms with Crippen LogP contribution in [0.1, 0.15) is 26.7 Å². The standard InChI is InChI=1S/C13H22N4O3/c1-3-13(2,11(18)19)10-15-12(20)14-6-4-8-17-9-5-7-16-17/h5,7,9H,3-4,6,8,10H2,1-2H3,(H,18,19)(H2,14,15,20). The van der Waals surface area contributed by atoms with E-state index in [-0.39, 0.29) is 12.6 Å². The van der Waals surface area contributed by atoms with Crippen molar-refractivity contribution >= 4 is 12.0 Å². The van der Waals surface area contributed by atoms with E-state index in [4.69, 9.17) is 5.11 Å². The van der Waals surface area contributed by atoms with Crippen LogP contribution < -0.4 is 10.6 Å². The molecule has 112 valence electrons. The monoisotopic (exact) mass is 282 g/mol. The van der Waals surface area contributed by atoms with E-state index in [1.54, 1.807) is 24.7 Å². The van der Waals surface area contributed by atoms with E-state index in [0.29, 0.717) is 13.0 Å². The predicted octanol–water partition coefficient (Wildman–Crippen LogP) is 1.07. The van der Waals surface area contributed by atoms with Crippen molar-refractivity contribution < 1.29 is 14.7 Å². The molecular weight excluding hydrogens is 260 g/mol. The lowest BCUT2D eigenvalue weighted by Crippen LogP contribution is -2.44. The zero-order chi connectivity index (χ0) is 15.0. The molecule has 0 spiro atoms. The van der Waals surface area contributed by atoms with Gasteiger partial charge in [-0.2, -0.15) is 5.10 Å². The number of amides is 2. The highest BCUT2D eigenvalue weighted by Gasteiger charge is 2.31. The van der Waals surface area contributed by atoms with Gasteiger partial charge >= 0.3 is 12.0 Å². The van der Waals surface area contributed by atoms with Crippen molar-refractivity contribution in [1.29, 1.82) is 0 Å². The van der Waals surface area contributed by atoms with E-state index >= 15 is 0 Å². The summed E-state index contributed by atoms with van der Waals surface area (Å²) in [4.78, 5) is 22.6. The third kappa shape index (κ3) is 4.91. The average molecular weight is 282 g/mol. The van der Waals surface area contributed by atoms with Crippen molar-refractivity contribution in [3.8, 4) is 0 Å². The van der Waals surface area contributed by atoms with Crippen LogP contribution in [0.5, 0.6) is 0 Å². The molecule has 0 aliphatic carbocycles. The minimum absolute atomic E-state index is 0.115. The SMILES string of the molecule is CCC(C)(CNC(=O)NCCCn1cccn1)C(=O)O. The second-order valence-corrected chi connectivity index (χ2v) is 4.95. The highest BCUT2D eigenvalue weighted by molar-refractivity contribution is 5.77. The summed E-state index contributed by atoms with van der Waals surface area (Å²) < 4.78 is 1.79. The number of aromatic nitrogens is 2. The smallest absolute Gasteiger partial charge is 0.314 e. The third-order valence-electron chi connectivity index (χ3n) is 3.34. The minimum Gasteiger partial charge on any atom is -0.481 e. The summed E-state index contributed by atoms with van der Waals surface area (Å²) in [5.41, 5.74) is -0.924. The number of hydrogen-bond donors (Lipinski definition) is 3. The topological polar surface area (TPSA) is 96.3 Å². The molecule has 0 aromatic carbocycles. The Bertz CT molecular complexity index is 433. The van der Waals surface area contributed by atoms with E-state index in [2.05, 4.69) is 15.7 Å². The quantitative estimate of drug-likeness (QED) is 0.621. The summed E-state index contributed by atoms with van der Waals surface area (Å²) in [5.74, 6) is -0.904. The molecule has 0 saturated heterocycles. The number of carboxylic acids is 1. The van der Waals surface area contributed by atoms with Gasteiger partial charge < -0.3 is 15.7 Å². The van der Waals surface area contributed by atoms with E-state index in [1.807, 2.05) is 12.3 Å². The van der Waals surface area contributed by atoms with Crippen LogP contribution in [0.2, 0.25) is 0 Å². The molecular formula is C13H22N4O3. The number of aliphatic carboxylic acids is 1. The molecule has 2 amide bonds. The third-order valence-corrected chi connectivity index (χ3v) is 3.34. The molecule has 1 heterocycles. The van der Waals surface area contributed by atoms with Crippen molar-refractivity contribution in [3.05, 3.63) is 18.5 Å². The first kappa shape index (κ1) is 16.0. The van der Waals surface area contributed by atoms with Crippen LogP contribution in [0, 0.1) is 5.41 Å². The summed E-state index contributed by atoms with van der Waals surface area (Å²) >= 11 is 0. The number of nitrogens with one attached hydrogen (secondary N) is 2. The molecule has 1 aromatic rings. The Morgan fingerprint density at radius 3 is 2.70 bits per heavy atom. The van der Waals surface area contributed by atoms with Gasteiger partial charge in [-0.3, -0.25) is 9.48 Å². The predicted molar refractivity (Wildman–Crippen MR) is 74.3 cm³/mol. The van der Waals surface area contributed by atoms with Gasteiger partial charge in [-0.15, -0.1) is 0 Å². The number of carboxylic acid groups (broad SMARTS) is 1. The largest absolute Gasteiger partial charge is 0.481 e. The van der Waals surface area contributed by atoms with Crippen molar-refractivity contribution in [2.45, 2.75) is 33.2 Å². The first-order valence-corrected chi connectivity index (χ1v) is 6.70. The summed E-state index contributed by atoms with van der Waals surface area (Å²) in [6, 6.07) is 1.50. The summed E-state index contributed by atoms with van der Waals surface area (Å²) in [7, 11) is 0. The van der Waals surface area contributed by atoms with Gasteiger partial charge in [0.15, 0.2) is 0 Å². The van der Waals surface area contributed by atoms with Crippen molar-refractivity contribution in [2.24, 2.45) is 5.41 Å². The lowest BCUT2D eigenvalue weighted by atomic mass is 9.88. The first-order valence-electron chi connectivity index (χ1n) is 6.70. The molecule has 7 nitrogen and oxygen atoms in total. The number of carbonyl (C=O) groups excluding carboxylic acids is 1. The maximum absolute atomic E-state index is 11.6. The molecule has 1 rings (SSSR count). The number of aryl methyl sites for hydroxylation is 1. The van der Waals surface area contributed by atoms with Gasteiger partial charge in [-0.1, -0.05) is 6.92 Å². The number of urea groups is 1. The van der Waals surface area contributed by atoms with Gasteiger partial charge in [0.25, 0.3) is 0 Å². The number of nitrogens with zero attached hydrogens (tertiary/aromatic N) is 2. The fraction of sp³-hybridized carbons (Fsp3) is 0.615. The van der Waals surface area contributed by atoms with Crippen molar-refractivity contribution in [1.82, 2.24) is 20.4 Å². The van der Waals surface area contributed by atoms with E-state index < -0.39 is 11.4 Å². The molecule has 0 radical (unpaired) electrons. The molecule has 0 aliphatic rings. The van der Waals surface area contributed by atoms with Crippen LogP contribution in [0.25, 0.3) is 0 Å². The Morgan fingerprint density at radius 2 is 2.15 bits per heavy atom. The second-order valence-electron chi connectivity index (χ2n) is 4.95. The Morgan fingerprint density at radius 1 is 1.40 bits per heavy atom. The van der Waals surface area contributed by atoms with Crippen molar-refractivity contribution in [3.63, 3.8) is 0 Å². The van der Waals surface area contributed by atoms with Crippen LogP contribution in [-0.2, 0) is 11.3 Å². The van der Waals surface area contributed by atoms with E-state index in [9.17, 15) is 9.59 Å². The van der Waals surface area contributed by atoms with E-state index in [0.717, 1.165) is 13.0 Å². The van der Waals surface area contributed by atoms with Crippen LogP contribution in [0.15, 0.2) is 18.5 Å². The molecule has 1 atom stereocenters. The molecule has 0 saturated carbocycles. The molecule has 20 heavy (non-hydrogen) atoms. The number of rotatable bonds is 8. The lowest BCUT2D eigenvalue weighted by Gasteiger charge is -2.23. The van der Waals surface area contributed by atoms with Gasteiger partial charge in [0.1, 0.15) is 0 Å². The molecule has 0 fully saturated rings. The highest BCUT2D eigenvalue weighted by atomic mass is 16.4. The average Bonchev–Trinajstić information content (AvgIpc) is 2.94. The molecule has 1 aromatic heterocycles. The Balaban J connectivity index is 2.18. The van der Waals surface area contributed by atoms with Gasteiger partial charge in [-0.05, 0) is 25.8 Å². The van der Waals surface area contributed by atoms with Gasteiger partial charge in [0.2, 0.25) is 0 Å². The molecule has 7 heteroatoms. The first-order chi connectivity index (χ1) is 9.48. The number of hydrogen-bond acceptors (Lipinski definition) is 3. The van der Waals surface area contributed by atoms with Crippen LogP contribution in [0.3, 0.4) is 0 Å². The Hall–Kier alpha value is -2.05. The fourth-order valence-electron chi connectivity index (χ4n) is 1.57. The minimum atomic E-state index is -0.924. The molecule has 3 N–H and O–H groups in total. The summed E-state index contributed by atoms with van der Waals surface area (Å²) in [6.45, 7) is 4.77. The molecule has 0 aliphatic heterocycles. The molecule has 0 bridgehead atoms. The Labute approximate surface area is 118 Å². The van der Waals surface area contributed by atoms with E-state index in [1.165, 1.54) is 0 Å². The summed E-state index contributed by atoms with van der Waals surface area (Å²) in [5, 5.41) is 18.4. The lowest BCUT2D eigenvalue weighted by molar-refractivity contribution is -0.147. The van der Waals surface area contributed by atoms with Gasteiger partial charge in [0.05, 0.1) is 5.41 Å². The second kappa shape index (κ2) is 7.52. The van der Waals surface area contributed by atoms with Crippen LogP contribution >= 0.6 is 0 Å². The molecule has 1 unspecified atom stereocenters. The van der Waals surface area contributed by atoms with Gasteiger partial charge in [-0.25, -0.2) is 4.79 Å². The van der Waals surface area contributed by atoms with Crippen LogP contribution in [0.4, 0.5) is 4.79 Å². The summed E-state index contributed by atoms with van der Waals surface area (Å²) in [6.07, 6.45) is 4.79.